The maximum Gasteiger partial charge on any atom is 0.137 e. The molecule has 4 heteroatoms. The lowest BCUT2D eigenvalue weighted by molar-refractivity contribution is -0.00162. The van der Waals surface area contributed by atoms with Crippen molar-refractivity contribution >= 4 is 12.4 Å². The van der Waals surface area contributed by atoms with E-state index >= 15 is 0 Å². The zero-order valence-corrected chi connectivity index (χ0v) is 9.55. The number of methoxy groups -OCH3 is 1. The Bertz CT molecular complexity index is 300. The van der Waals surface area contributed by atoms with Crippen LogP contribution in [0.5, 0.6) is 5.75 Å². The number of hydrogen-bond donors (Lipinski definition) is 1. The Hall–Kier alpha value is -0.770. The van der Waals surface area contributed by atoms with Gasteiger partial charge >= 0.3 is 0 Å². The van der Waals surface area contributed by atoms with Crippen LogP contribution in [-0.4, -0.2) is 20.3 Å². The van der Waals surface area contributed by atoms with Gasteiger partial charge < -0.3 is 9.47 Å². The Labute approximate surface area is 96.2 Å². The summed E-state index contributed by atoms with van der Waals surface area (Å²) >= 11 is 0. The maximum absolute atomic E-state index is 5.62. The molecule has 0 radical (unpaired) electrons. The van der Waals surface area contributed by atoms with Gasteiger partial charge in [-0.15, -0.1) is 12.4 Å². The van der Waals surface area contributed by atoms with Crippen LogP contribution >= 0.6 is 12.4 Å². The summed E-state index contributed by atoms with van der Waals surface area (Å²) in [5.41, 5.74) is 1.08. The summed E-state index contributed by atoms with van der Waals surface area (Å²) in [6.45, 7) is 1.82. The van der Waals surface area contributed by atoms with Gasteiger partial charge in [-0.1, -0.05) is 18.2 Å². The standard InChI is InChI=1S/C11H15NO2.ClH/c1-13-10-6-3-2-5-9(10)11-12-7-4-8-14-11;/h2-3,5-6,11-12H,4,7-8H2,1H3;1H. The number of halogens is 1. The molecule has 0 saturated carbocycles. The van der Waals surface area contributed by atoms with Crippen LogP contribution in [0, 0.1) is 0 Å². The molecular formula is C11H16ClNO2. The highest BCUT2D eigenvalue weighted by Gasteiger charge is 2.18. The smallest absolute Gasteiger partial charge is 0.137 e. The van der Waals surface area contributed by atoms with Crippen molar-refractivity contribution in [3.63, 3.8) is 0 Å². The molecule has 0 amide bonds. The zero-order chi connectivity index (χ0) is 9.80. The summed E-state index contributed by atoms with van der Waals surface area (Å²) in [5.74, 6) is 0.881. The summed E-state index contributed by atoms with van der Waals surface area (Å²) in [6, 6.07) is 7.94. The summed E-state index contributed by atoms with van der Waals surface area (Å²) in [6.07, 6.45) is 1.06. The summed E-state index contributed by atoms with van der Waals surface area (Å²) in [7, 11) is 1.68. The van der Waals surface area contributed by atoms with Crippen LogP contribution in [0.4, 0.5) is 0 Å². The van der Waals surface area contributed by atoms with Crippen LogP contribution in [0.15, 0.2) is 24.3 Å². The molecule has 0 bridgehead atoms. The minimum absolute atomic E-state index is 0. The summed E-state index contributed by atoms with van der Waals surface area (Å²) in [4.78, 5) is 0. The average Bonchev–Trinajstić information content (AvgIpc) is 2.30. The molecule has 0 aliphatic carbocycles. The van der Waals surface area contributed by atoms with Crippen molar-refractivity contribution in [3.05, 3.63) is 29.8 Å². The Balaban J connectivity index is 0.00000112. The highest BCUT2D eigenvalue weighted by molar-refractivity contribution is 5.85. The van der Waals surface area contributed by atoms with Gasteiger partial charge in [-0.05, 0) is 12.5 Å². The monoisotopic (exact) mass is 229 g/mol. The third kappa shape index (κ3) is 2.84. The fraction of sp³-hybridized carbons (Fsp3) is 0.455. The fourth-order valence-corrected chi connectivity index (χ4v) is 1.65. The molecular weight excluding hydrogens is 214 g/mol. The first-order valence-electron chi connectivity index (χ1n) is 4.90. The van der Waals surface area contributed by atoms with Gasteiger partial charge in [-0.25, -0.2) is 0 Å². The summed E-state index contributed by atoms with van der Waals surface area (Å²) < 4.78 is 10.9. The molecule has 2 rings (SSSR count). The van der Waals surface area contributed by atoms with E-state index in [2.05, 4.69) is 5.32 Å². The minimum Gasteiger partial charge on any atom is -0.496 e. The molecule has 3 nitrogen and oxygen atoms in total. The first-order chi connectivity index (χ1) is 6.92. The lowest BCUT2D eigenvalue weighted by Crippen LogP contribution is -2.31. The topological polar surface area (TPSA) is 30.5 Å². The predicted octanol–water partition coefficient (Wildman–Crippen LogP) is 2.13. The van der Waals surface area contributed by atoms with E-state index in [0.717, 1.165) is 30.9 Å². The Morgan fingerprint density at radius 1 is 1.40 bits per heavy atom. The lowest BCUT2D eigenvalue weighted by Gasteiger charge is -2.25. The van der Waals surface area contributed by atoms with Crippen molar-refractivity contribution in [2.24, 2.45) is 0 Å². The molecule has 1 heterocycles. The number of para-hydroxylation sites is 1. The van der Waals surface area contributed by atoms with Crippen molar-refractivity contribution in [1.82, 2.24) is 5.32 Å². The lowest BCUT2D eigenvalue weighted by atomic mass is 10.1. The first-order valence-corrected chi connectivity index (χ1v) is 4.90. The molecule has 1 aliphatic rings. The van der Waals surface area contributed by atoms with Crippen LogP contribution in [0.2, 0.25) is 0 Å². The molecule has 1 atom stereocenters. The first kappa shape index (κ1) is 12.3. The Morgan fingerprint density at radius 3 is 2.87 bits per heavy atom. The molecule has 15 heavy (non-hydrogen) atoms. The second kappa shape index (κ2) is 5.95. The molecule has 84 valence electrons. The molecule has 0 aromatic heterocycles. The van der Waals surface area contributed by atoms with Gasteiger partial charge in [0.1, 0.15) is 12.0 Å². The molecule has 1 N–H and O–H groups in total. The number of benzene rings is 1. The maximum atomic E-state index is 5.62. The quantitative estimate of drug-likeness (QED) is 0.843. The Kier molecular flexibility index (Phi) is 4.88. The van der Waals surface area contributed by atoms with E-state index in [1.165, 1.54) is 0 Å². The van der Waals surface area contributed by atoms with Gasteiger partial charge in [0.2, 0.25) is 0 Å². The van der Waals surface area contributed by atoms with E-state index in [1.807, 2.05) is 24.3 Å². The van der Waals surface area contributed by atoms with Crippen LogP contribution in [-0.2, 0) is 4.74 Å². The zero-order valence-electron chi connectivity index (χ0n) is 8.73. The molecule has 1 fully saturated rings. The molecule has 1 aromatic rings. The van der Waals surface area contributed by atoms with E-state index < -0.39 is 0 Å². The SMILES string of the molecule is COc1ccccc1C1NCCCO1.Cl. The molecule has 1 aromatic carbocycles. The van der Waals surface area contributed by atoms with Gasteiger partial charge in [0.15, 0.2) is 0 Å². The van der Waals surface area contributed by atoms with Crippen molar-refractivity contribution in [2.45, 2.75) is 12.6 Å². The van der Waals surface area contributed by atoms with Gasteiger partial charge in [0.05, 0.1) is 13.7 Å². The van der Waals surface area contributed by atoms with E-state index in [1.54, 1.807) is 7.11 Å². The number of ether oxygens (including phenoxy) is 2. The normalized spacial score (nSPS) is 20.5. The van der Waals surface area contributed by atoms with Crippen molar-refractivity contribution in [1.29, 1.82) is 0 Å². The van der Waals surface area contributed by atoms with Gasteiger partial charge in [-0.3, -0.25) is 5.32 Å². The van der Waals surface area contributed by atoms with Gasteiger partial charge in [0, 0.05) is 12.1 Å². The van der Waals surface area contributed by atoms with Crippen molar-refractivity contribution in [2.75, 3.05) is 20.3 Å². The predicted molar refractivity (Wildman–Crippen MR) is 61.6 cm³/mol. The van der Waals surface area contributed by atoms with E-state index in [-0.39, 0.29) is 18.6 Å². The summed E-state index contributed by atoms with van der Waals surface area (Å²) in [5, 5.41) is 3.31. The van der Waals surface area contributed by atoms with Crippen LogP contribution in [0.3, 0.4) is 0 Å². The number of rotatable bonds is 2. The molecule has 1 unspecified atom stereocenters. The third-order valence-electron chi connectivity index (χ3n) is 2.36. The molecule has 1 saturated heterocycles. The van der Waals surface area contributed by atoms with E-state index in [9.17, 15) is 0 Å². The van der Waals surface area contributed by atoms with Crippen LogP contribution < -0.4 is 10.1 Å². The second-order valence-corrected chi connectivity index (χ2v) is 3.30. The molecule has 0 spiro atoms. The highest BCUT2D eigenvalue weighted by Crippen LogP contribution is 2.26. The highest BCUT2D eigenvalue weighted by atomic mass is 35.5. The van der Waals surface area contributed by atoms with Gasteiger partial charge in [0.25, 0.3) is 0 Å². The minimum atomic E-state index is -0.0140. The van der Waals surface area contributed by atoms with Crippen molar-refractivity contribution < 1.29 is 9.47 Å². The number of hydrogen-bond acceptors (Lipinski definition) is 3. The third-order valence-corrected chi connectivity index (χ3v) is 2.36. The van der Waals surface area contributed by atoms with E-state index in [0.29, 0.717) is 0 Å². The van der Waals surface area contributed by atoms with E-state index in [4.69, 9.17) is 9.47 Å². The van der Waals surface area contributed by atoms with Crippen LogP contribution in [0.1, 0.15) is 18.2 Å². The molecule has 1 aliphatic heterocycles. The van der Waals surface area contributed by atoms with Crippen molar-refractivity contribution in [3.8, 4) is 5.75 Å². The van der Waals surface area contributed by atoms with Gasteiger partial charge in [-0.2, -0.15) is 0 Å². The average molecular weight is 230 g/mol. The largest absolute Gasteiger partial charge is 0.496 e. The Morgan fingerprint density at radius 2 is 2.20 bits per heavy atom. The fourth-order valence-electron chi connectivity index (χ4n) is 1.65. The second-order valence-electron chi connectivity index (χ2n) is 3.30. The number of nitrogens with one attached hydrogen (secondary N) is 1. The van der Waals surface area contributed by atoms with Crippen LogP contribution in [0.25, 0.3) is 0 Å².